The second kappa shape index (κ2) is 13.8. The summed E-state index contributed by atoms with van der Waals surface area (Å²) in [5.41, 5.74) is 22.7. The van der Waals surface area contributed by atoms with E-state index in [2.05, 4.69) is 219 Å². The first kappa shape index (κ1) is 36.7. The maximum absolute atomic E-state index is 2.62. The molecule has 1 fully saturated rings. The quantitative estimate of drug-likeness (QED) is 0.167. The van der Waals surface area contributed by atoms with E-state index in [1.165, 1.54) is 126 Å². The number of anilines is 3. The Morgan fingerprint density at radius 2 is 0.952 bits per heavy atom. The average molecular weight is 808 g/mol. The molecule has 2 atom stereocenters. The SMILES string of the molecule is CC1(C)c2cc(-c3ccc4ccccc4c3)ccc2-c2ccc(N(c3ccc(-c4ccccc4)cc3)c3cccc4c3C3CCCCC3C43c4ccccc4-c4ccccc43)cc21. The molecule has 9 aromatic rings. The van der Waals surface area contributed by atoms with Crippen LogP contribution in [-0.4, -0.2) is 0 Å². The highest BCUT2D eigenvalue weighted by atomic mass is 15.1. The molecular formula is C62H49N. The fraction of sp³-hybridized carbons (Fsp3) is 0.161. The Morgan fingerprint density at radius 1 is 0.397 bits per heavy atom. The van der Waals surface area contributed by atoms with Crippen LogP contribution in [-0.2, 0) is 10.8 Å². The first-order valence-electron chi connectivity index (χ1n) is 23.1. The van der Waals surface area contributed by atoms with Gasteiger partial charge >= 0.3 is 0 Å². The van der Waals surface area contributed by atoms with Gasteiger partial charge in [0.25, 0.3) is 0 Å². The van der Waals surface area contributed by atoms with Crippen LogP contribution in [0, 0.1) is 5.92 Å². The van der Waals surface area contributed by atoms with Gasteiger partial charge in [-0.1, -0.05) is 184 Å². The summed E-state index contributed by atoms with van der Waals surface area (Å²) in [6, 6.07) is 76.1. The van der Waals surface area contributed by atoms with Crippen molar-refractivity contribution in [3.05, 3.63) is 234 Å². The normalized spacial score (nSPS) is 18.0. The van der Waals surface area contributed by atoms with Crippen LogP contribution in [0.4, 0.5) is 17.1 Å². The largest absolute Gasteiger partial charge is 0.310 e. The van der Waals surface area contributed by atoms with Crippen molar-refractivity contribution in [1.82, 2.24) is 0 Å². The Labute approximate surface area is 371 Å². The number of hydrogen-bond acceptors (Lipinski definition) is 1. The molecule has 302 valence electrons. The Kier molecular flexibility index (Phi) is 8.02. The van der Waals surface area contributed by atoms with Crippen molar-refractivity contribution in [1.29, 1.82) is 0 Å². The third-order valence-electron chi connectivity index (χ3n) is 15.7. The summed E-state index contributed by atoms with van der Waals surface area (Å²) in [6.07, 6.45) is 5.00. The molecule has 1 heteroatoms. The van der Waals surface area contributed by atoms with Crippen molar-refractivity contribution in [2.75, 3.05) is 4.90 Å². The van der Waals surface area contributed by atoms with Crippen LogP contribution in [0.25, 0.3) is 55.3 Å². The van der Waals surface area contributed by atoms with E-state index in [1.807, 2.05) is 0 Å². The fourth-order valence-corrected chi connectivity index (χ4v) is 12.9. The lowest BCUT2D eigenvalue weighted by atomic mass is 9.63. The van der Waals surface area contributed by atoms with Gasteiger partial charge in [-0.05, 0) is 156 Å². The van der Waals surface area contributed by atoms with E-state index >= 15 is 0 Å². The molecular weight excluding hydrogens is 759 g/mol. The minimum absolute atomic E-state index is 0.170. The third kappa shape index (κ3) is 5.23. The zero-order chi connectivity index (χ0) is 41.9. The van der Waals surface area contributed by atoms with Gasteiger partial charge in [0.05, 0.1) is 5.41 Å². The maximum Gasteiger partial charge on any atom is 0.0501 e. The van der Waals surface area contributed by atoms with Crippen LogP contribution in [0.3, 0.4) is 0 Å². The predicted molar refractivity (Wildman–Crippen MR) is 264 cm³/mol. The molecule has 0 amide bonds. The summed E-state index contributed by atoms with van der Waals surface area (Å²) in [4.78, 5) is 2.62. The molecule has 4 aliphatic rings. The molecule has 0 radical (unpaired) electrons. The summed E-state index contributed by atoms with van der Waals surface area (Å²) in [7, 11) is 0. The van der Waals surface area contributed by atoms with E-state index in [0.29, 0.717) is 11.8 Å². The molecule has 0 heterocycles. The highest BCUT2D eigenvalue weighted by Crippen LogP contribution is 2.68. The number of benzene rings is 9. The summed E-state index contributed by atoms with van der Waals surface area (Å²) in [5.74, 6) is 0.957. The Morgan fingerprint density at radius 3 is 1.73 bits per heavy atom. The average Bonchev–Trinajstić information content (AvgIpc) is 3.90. The molecule has 0 N–H and O–H groups in total. The molecule has 2 unspecified atom stereocenters. The predicted octanol–water partition coefficient (Wildman–Crippen LogP) is 16.6. The van der Waals surface area contributed by atoms with Crippen molar-refractivity contribution in [2.24, 2.45) is 5.92 Å². The first-order valence-corrected chi connectivity index (χ1v) is 23.1. The molecule has 0 aliphatic heterocycles. The molecule has 0 bridgehead atoms. The zero-order valence-corrected chi connectivity index (χ0v) is 36.0. The summed E-state index contributed by atoms with van der Waals surface area (Å²) in [6.45, 7) is 4.85. The van der Waals surface area contributed by atoms with Crippen molar-refractivity contribution in [3.63, 3.8) is 0 Å². The Balaban J connectivity index is 0.996. The summed E-state index contributed by atoms with van der Waals surface area (Å²) in [5, 5.41) is 2.55. The van der Waals surface area contributed by atoms with Gasteiger partial charge in [0.2, 0.25) is 0 Å². The van der Waals surface area contributed by atoms with Crippen LogP contribution >= 0.6 is 0 Å². The number of rotatable bonds is 5. The van der Waals surface area contributed by atoms with Gasteiger partial charge in [-0.25, -0.2) is 0 Å². The van der Waals surface area contributed by atoms with Gasteiger partial charge in [0.15, 0.2) is 0 Å². The molecule has 4 aliphatic carbocycles. The second-order valence-corrected chi connectivity index (χ2v) is 19.1. The summed E-state index contributed by atoms with van der Waals surface area (Å²) >= 11 is 0. The highest BCUT2D eigenvalue weighted by Gasteiger charge is 2.59. The Bertz CT molecular complexity index is 3230. The van der Waals surface area contributed by atoms with Crippen LogP contribution in [0.1, 0.15) is 78.8 Å². The van der Waals surface area contributed by atoms with Gasteiger partial charge in [-0.3, -0.25) is 0 Å². The number of fused-ring (bicyclic) bond motifs is 14. The van der Waals surface area contributed by atoms with Gasteiger partial charge in [-0.15, -0.1) is 0 Å². The third-order valence-corrected chi connectivity index (χ3v) is 15.7. The van der Waals surface area contributed by atoms with Gasteiger partial charge in [-0.2, -0.15) is 0 Å². The topological polar surface area (TPSA) is 3.24 Å². The van der Waals surface area contributed by atoms with Crippen molar-refractivity contribution in [3.8, 4) is 44.5 Å². The highest BCUT2D eigenvalue weighted by molar-refractivity contribution is 5.92. The fourth-order valence-electron chi connectivity index (χ4n) is 12.9. The Hall–Kier alpha value is -6.96. The summed E-state index contributed by atoms with van der Waals surface area (Å²) < 4.78 is 0. The molecule has 9 aromatic carbocycles. The minimum atomic E-state index is -0.190. The smallest absolute Gasteiger partial charge is 0.0501 e. The molecule has 1 saturated carbocycles. The van der Waals surface area contributed by atoms with Crippen LogP contribution in [0.15, 0.2) is 200 Å². The lowest BCUT2D eigenvalue weighted by Gasteiger charge is -2.39. The van der Waals surface area contributed by atoms with E-state index in [-0.39, 0.29) is 10.8 Å². The van der Waals surface area contributed by atoms with E-state index in [1.54, 1.807) is 5.56 Å². The van der Waals surface area contributed by atoms with Crippen molar-refractivity contribution < 1.29 is 0 Å². The molecule has 1 spiro atoms. The maximum atomic E-state index is 2.62. The molecule has 63 heavy (non-hydrogen) atoms. The van der Waals surface area contributed by atoms with Gasteiger partial charge in [0.1, 0.15) is 0 Å². The zero-order valence-electron chi connectivity index (χ0n) is 36.0. The van der Waals surface area contributed by atoms with Gasteiger partial charge in [0, 0.05) is 22.5 Å². The van der Waals surface area contributed by atoms with Crippen LogP contribution in [0.5, 0.6) is 0 Å². The lowest BCUT2D eigenvalue weighted by Crippen LogP contribution is -2.35. The van der Waals surface area contributed by atoms with Gasteiger partial charge < -0.3 is 4.90 Å². The van der Waals surface area contributed by atoms with E-state index in [4.69, 9.17) is 0 Å². The molecule has 13 rings (SSSR count). The number of hydrogen-bond donors (Lipinski definition) is 0. The molecule has 1 nitrogen and oxygen atoms in total. The standard InChI is InChI=1S/C62H49N/c1-61(2)57-38-45(44-28-27-41-17-6-7-18-43(41)37-44)31-35-50(57)51-36-34-47(39-58(51)61)63(46-32-29-42(30-33-46)40-15-4-3-5-16-40)59-26-14-25-56-60(59)52-21-10-13-24-55(52)62(56)53-22-11-8-19-48(53)49-20-9-12-23-54(49)62/h3-9,11-12,14-20,22-23,25-39,52,55H,10,13,21,24H2,1-2H3. The van der Waals surface area contributed by atoms with E-state index in [0.717, 1.165) is 0 Å². The second-order valence-electron chi connectivity index (χ2n) is 19.1. The molecule has 0 saturated heterocycles. The van der Waals surface area contributed by atoms with Crippen molar-refractivity contribution >= 4 is 27.8 Å². The van der Waals surface area contributed by atoms with E-state index in [9.17, 15) is 0 Å². The number of nitrogens with zero attached hydrogens (tertiary/aromatic N) is 1. The minimum Gasteiger partial charge on any atom is -0.310 e. The lowest BCUT2D eigenvalue weighted by molar-refractivity contribution is 0.266. The van der Waals surface area contributed by atoms with Crippen LogP contribution < -0.4 is 4.90 Å². The molecule has 0 aromatic heterocycles. The first-order chi connectivity index (χ1) is 31.0. The van der Waals surface area contributed by atoms with E-state index < -0.39 is 0 Å². The monoisotopic (exact) mass is 807 g/mol. The van der Waals surface area contributed by atoms with Crippen molar-refractivity contribution in [2.45, 2.75) is 56.3 Å². The van der Waals surface area contributed by atoms with Crippen LogP contribution in [0.2, 0.25) is 0 Å².